The molecule has 1 aromatic heterocycles. The van der Waals surface area contributed by atoms with E-state index in [-0.39, 0.29) is 11.8 Å². The van der Waals surface area contributed by atoms with Gasteiger partial charge in [0.05, 0.1) is 24.5 Å². The van der Waals surface area contributed by atoms with Gasteiger partial charge in [-0.25, -0.2) is 9.69 Å². The molecule has 3 aliphatic heterocycles. The van der Waals surface area contributed by atoms with Gasteiger partial charge in [-0.2, -0.15) is 0 Å². The molecule has 0 radical (unpaired) electrons. The van der Waals surface area contributed by atoms with Gasteiger partial charge in [-0.15, -0.1) is 0 Å². The summed E-state index contributed by atoms with van der Waals surface area (Å²) in [6.07, 6.45) is 0.400. The van der Waals surface area contributed by atoms with E-state index < -0.39 is 18.1 Å². The molecule has 2 saturated heterocycles. The van der Waals surface area contributed by atoms with Gasteiger partial charge < -0.3 is 15.0 Å². The number of amides is 4. The third-order valence-electron chi connectivity index (χ3n) is 8.37. The van der Waals surface area contributed by atoms with Gasteiger partial charge in [0.15, 0.2) is 0 Å². The maximum atomic E-state index is 14.2. The first-order chi connectivity index (χ1) is 20.1. The van der Waals surface area contributed by atoms with Crippen molar-refractivity contribution in [2.75, 3.05) is 44.3 Å². The van der Waals surface area contributed by atoms with E-state index in [0.29, 0.717) is 44.0 Å². The predicted molar refractivity (Wildman–Crippen MR) is 155 cm³/mol. The molecular formula is C32H31N5O4. The van der Waals surface area contributed by atoms with Gasteiger partial charge in [0, 0.05) is 49.2 Å². The second-order valence-electron chi connectivity index (χ2n) is 10.7. The van der Waals surface area contributed by atoms with Gasteiger partial charge in [0.2, 0.25) is 0 Å². The van der Waals surface area contributed by atoms with Crippen LogP contribution in [0.5, 0.6) is 0 Å². The Bertz CT molecular complexity index is 1630. The Labute approximate surface area is 237 Å². The second kappa shape index (κ2) is 10.5. The molecule has 0 spiro atoms. The zero-order chi connectivity index (χ0) is 27.9. The Morgan fingerprint density at radius 3 is 2.49 bits per heavy atom. The summed E-state index contributed by atoms with van der Waals surface area (Å²) in [6.45, 7) is 4.22. The molecular weight excluding hydrogens is 518 g/mol. The Morgan fingerprint density at radius 1 is 0.927 bits per heavy atom. The number of anilines is 1. The number of nitrogens with one attached hydrogen (secondary N) is 2. The highest BCUT2D eigenvalue weighted by Crippen LogP contribution is 2.45. The number of nitrogens with zero attached hydrogens (tertiary/aromatic N) is 3. The number of fused-ring (bicyclic) bond motifs is 4. The Balaban J connectivity index is 1.22. The largest absolute Gasteiger partial charge is 0.379 e. The molecule has 7 rings (SSSR count). The lowest BCUT2D eigenvalue weighted by Gasteiger charge is -2.36. The van der Waals surface area contributed by atoms with Crippen LogP contribution in [0, 0.1) is 0 Å². The van der Waals surface area contributed by atoms with Crippen molar-refractivity contribution in [1.29, 1.82) is 0 Å². The lowest BCUT2D eigenvalue weighted by atomic mass is 9.89. The van der Waals surface area contributed by atoms with E-state index in [1.165, 1.54) is 4.90 Å². The van der Waals surface area contributed by atoms with Gasteiger partial charge in [-0.1, -0.05) is 60.7 Å². The van der Waals surface area contributed by atoms with Crippen LogP contribution in [0.2, 0.25) is 0 Å². The van der Waals surface area contributed by atoms with Crippen molar-refractivity contribution in [1.82, 2.24) is 20.1 Å². The average Bonchev–Trinajstić information content (AvgIpc) is 3.51. The van der Waals surface area contributed by atoms with Crippen molar-refractivity contribution in [2.45, 2.75) is 18.5 Å². The first-order valence-corrected chi connectivity index (χ1v) is 14.1. The molecule has 3 aromatic carbocycles. The number of benzene rings is 3. The SMILES string of the molecule is O=C(NCCN1CCOCC1)c1ccccc1N1C(=O)[C@@H]2Cc3c([nH]c4ccccc34)C(c3ccccc3)N2C1=O. The number of imide groups is 1. The molecule has 4 heterocycles. The minimum absolute atomic E-state index is 0.302. The zero-order valence-electron chi connectivity index (χ0n) is 22.6. The van der Waals surface area contributed by atoms with Gasteiger partial charge >= 0.3 is 6.03 Å². The maximum Gasteiger partial charge on any atom is 0.332 e. The van der Waals surface area contributed by atoms with Gasteiger partial charge in [0.25, 0.3) is 11.8 Å². The molecule has 2 fully saturated rings. The highest BCUT2D eigenvalue weighted by Gasteiger charge is 2.53. The van der Waals surface area contributed by atoms with E-state index in [1.54, 1.807) is 29.2 Å². The number of H-pyrrole nitrogens is 1. The van der Waals surface area contributed by atoms with Gasteiger partial charge in [-0.05, 0) is 29.3 Å². The first-order valence-electron chi connectivity index (χ1n) is 14.1. The lowest BCUT2D eigenvalue weighted by Crippen LogP contribution is -2.44. The van der Waals surface area contributed by atoms with Crippen LogP contribution >= 0.6 is 0 Å². The van der Waals surface area contributed by atoms with Crippen molar-refractivity contribution in [3.05, 3.63) is 101 Å². The van der Waals surface area contributed by atoms with E-state index in [9.17, 15) is 14.4 Å². The number of aromatic amines is 1. The Kier molecular flexibility index (Phi) is 6.53. The van der Waals surface area contributed by atoms with Gasteiger partial charge in [0.1, 0.15) is 12.1 Å². The highest BCUT2D eigenvalue weighted by molar-refractivity contribution is 6.24. The summed E-state index contributed by atoms with van der Waals surface area (Å²) >= 11 is 0. The number of rotatable bonds is 6. The number of hydrogen-bond donors (Lipinski definition) is 2. The summed E-state index contributed by atoms with van der Waals surface area (Å²) in [5, 5.41) is 4.04. The van der Waals surface area contributed by atoms with Crippen molar-refractivity contribution in [3.63, 3.8) is 0 Å². The summed E-state index contributed by atoms with van der Waals surface area (Å²) in [6, 6.07) is 23.1. The monoisotopic (exact) mass is 549 g/mol. The van der Waals surface area contributed by atoms with Crippen molar-refractivity contribution < 1.29 is 19.1 Å². The molecule has 9 heteroatoms. The van der Waals surface area contributed by atoms with Crippen molar-refractivity contribution in [3.8, 4) is 0 Å². The molecule has 2 N–H and O–H groups in total. The van der Waals surface area contributed by atoms with Crippen LogP contribution in [0.3, 0.4) is 0 Å². The molecule has 0 saturated carbocycles. The van der Waals surface area contributed by atoms with Crippen molar-refractivity contribution in [2.24, 2.45) is 0 Å². The summed E-state index contributed by atoms with van der Waals surface area (Å²) in [5.41, 5.74) is 4.48. The van der Waals surface area contributed by atoms with E-state index in [2.05, 4.69) is 21.3 Å². The number of urea groups is 1. The third kappa shape index (κ3) is 4.38. The van der Waals surface area contributed by atoms with Crippen LogP contribution in [-0.2, 0) is 16.0 Å². The Hall–Kier alpha value is -4.47. The first kappa shape index (κ1) is 25.5. The fourth-order valence-electron chi connectivity index (χ4n) is 6.39. The molecule has 208 valence electrons. The Morgan fingerprint density at radius 2 is 1.66 bits per heavy atom. The quantitative estimate of drug-likeness (QED) is 0.358. The molecule has 2 atom stereocenters. The summed E-state index contributed by atoms with van der Waals surface area (Å²) < 4.78 is 5.40. The van der Waals surface area contributed by atoms with Crippen LogP contribution in [0.25, 0.3) is 10.9 Å². The standard InChI is InChI=1S/C32H31N5O4/c38-30(33-14-15-35-16-18-41-19-17-35)23-11-5-7-13-26(23)37-31(39)27-20-24-22-10-4-6-12-25(22)34-28(24)29(36(27)32(37)40)21-8-2-1-3-9-21/h1-13,27,29,34H,14-20H2,(H,33,38)/t27-,29?/m0/s1. The number of carbonyl (C=O) groups excluding carboxylic acids is 3. The fourth-order valence-corrected chi connectivity index (χ4v) is 6.39. The normalized spacial score (nSPS) is 20.8. The average molecular weight is 550 g/mol. The summed E-state index contributed by atoms with van der Waals surface area (Å²) in [4.78, 5) is 50.3. The van der Waals surface area contributed by atoms with E-state index >= 15 is 0 Å². The number of aromatic nitrogens is 1. The summed E-state index contributed by atoms with van der Waals surface area (Å²) in [7, 11) is 0. The number of ether oxygens (including phenoxy) is 1. The molecule has 4 aromatic rings. The van der Waals surface area contributed by atoms with Crippen LogP contribution in [0.15, 0.2) is 78.9 Å². The van der Waals surface area contributed by atoms with Crippen LogP contribution in [0.4, 0.5) is 10.5 Å². The van der Waals surface area contributed by atoms with E-state index in [0.717, 1.165) is 40.8 Å². The minimum Gasteiger partial charge on any atom is -0.379 e. The van der Waals surface area contributed by atoms with Crippen molar-refractivity contribution >= 4 is 34.4 Å². The smallest absolute Gasteiger partial charge is 0.332 e. The van der Waals surface area contributed by atoms with Crippen LogP contribution in [-0.4, -0.2) is 78.1 Å². The summed E-state index contributed by atoms with van der Waals surface area (Å²) in [5.74, 6) is -0.629. The number of para-hydroxylation sites is 2. The molecule has 3 aliphatic rings. The molecule has 1 unspecified atom stereocenters. The molecule has 9 nitrogen and oxygen atoms in total. The minimum atomic E-state index is -0.683. The fraction of sp³-hybridized carbons (Fsp3) is 0.281. The van der Waals surface area contributed by atoms with E-state index in [1.807, 2.05) is 48.5 Å². The number of hydrogen-bond acceptors (Lipinski definition) is 5. The number of morpholine rings is 1. The molecule has 4 amide bonds. The molecule has 41 heavy (non-hydrogen) atoms. The zero-order valence-corrected chi connectivity index (χ0v) is 22.6. The molecule has 0 aliphatic carbocycles. The van der Waals surface area contributed by atoms with Gasteiger partial charge in [-0.3, -0.25) is 19.4 Å². The number of carbonyl (C=O) groups is 3. The second-order valence-corrected chi connectivity index (χ2v) is 10.7. The highest BCUT2D eigenvalue weighted by atomic mass is 16.5. The van der Waals surface area contributed by atoms with Crippen LogP contribution in [0.1, 0.15) is 33.2 Å². The van der Waals surface area contributed by atoms with Crippen LogP contribution < -0.4 is 10.2 Å². The lowest BCUT2D eigenvalue weighted by molar-refractivity contribution is -0.120. The van der Waals surface area contributed by atoms with E-state index in [4.69, 9.17) is 4.74 Å². The maximum absolute atomic E-state index is 14.2. The predicted octanol–water partition coefficient (Wildman–Crippen LogP) is 3.71. The molecule has 0 bridgehead atoms. The topological polar surface area (TPSA) is 98.0 Å². The third-order valence-corrected chi connectivity index (χ3v) is 8.37.